The summed E-state index contributed by atoms with van der Waals surface area (Å²) in [6.45, 7) is 0.682. The molecule has 0 radical (unpaired) electrons. The molecule has 2 N–H and O–H groups in total. The molecule has 17 heteroatoms. The van der Waals surface area contributed by atoms with Crippen LogP contribution < -0.4 is 15.2 Å². The first-order valence-corrected chi connectivity index (χ1v) is 19.0. The monoisotopic (exact) mass is 734 g/mol. The Morgan fingerprint density at radius 1 is 0.980 bits per heavy atom. The number of pyridine rings is 1. The van der Waals surface area contributed by atoms with Crippen LogP contribution in [0.25, 0.3) is 21.9 Å². The number of fused-ring (bicyclic) bond motifs is 2. The Morgan fingerprint density at radius 3 is 2.41 bits per heavy atom. The molecule has 0 saturated carbocycles. The zero-order chi connectivity index (χ0) is 36.9. The van der Waals surface area contributed by atoms with Crippen LogP contribution in [-0.4, -0.2) is 81.0 Å². The highest BCUT2D eigenvalue weighted by atomic mass is 32.2. The zero-order valence-corrected chi connectivity index (χ0v) is 29.5. The first-order chi connectivity index (χ1) is 24.2. The fourth-order valence-electron chi connectivity index (χ4n) is 5.17. The molecule has 1 amide bonds. The van der Waals surface area contributed by atoms with Crippen molar-refractivity contribution in [2.75, 3.05) is 36.1 Å². The molecule has 0 spiro atoms. The van der Waals surface area contributed by atoms with Gasteiger partial charge in [-0.2, -0.15) is 0 Å². The number of carbonyl (C=O) groups excluding carboxylic acids is 2. The second-order valence-corrected chi connectivity index (χ2v) is 15.5. The summed E-state index contributed by atoms with van der Waals surface area (Å²) in [5, 5.41) is 11.0. The number of sulfone groups is 1. The molecule has 0 aliphatic carbocycles. The third-order valence-electron chi connectivity index (χ3n) is 7.69. The molecule has 51 heavy (non-hydrogen) atoms. The fraction of sp³-hybridized carbons (Fsp3) is 0.235. The molecular formula is C34H34N6O9S2. The minimum absolute atomic E-state index is 0.0474. The minimum atomic E-state index is -4.37. The lowest BCUT2D eigenvalue weighted by molar-refractivity contribution is -0.141. The maximum absolute atomic E-state index is 14.2. The van der Waals surface area contributed by atoms with Gasteiger partial charge in [0.2, 0.25) is 0 Å². The van der Waals surface area contributed by atoms with Crippen molar-refractivity contribution in [3.63, 3.8) is 0 Å². The number of nitrogens with one attached hydrogen (secondary N) is 2. The molecule has 5 aromatic rings. The summed E-state index contributed by atoms with van der Waals surface area (Å²) in [6, 6.07) is 19.1. The number of anilines is 1. The van der Waals surface area contributed by atoms with Gasteiger partial charge in [-0.25, -0.2) is 26.6 Å². The standard InChI is InChI=1S/C34H34N6O9S2/c1-4-48-30(41)21-40(51(46,47)29-9-5-7-23-8-6-16-36-31(23)29)25-14-15-28-26(20-25)37-27(33(42)39(28)2)19-22-10-12-24(13-11-22)32(35)38-34(43)49-17-18-50(3,44)45/h5-16,20H,4,17-19,21H2,1-3H3,(H2,35,38,43). The van der Waals surface area contributed by atoms with Crippen LogP contribution in [0.15, 0.2) is 88.7 Å². The number of nitrogens with zero attached hydrogens (tertiary/aromatic N) is 4. The van der Waals surface area contributed by atoms with E-state index in [1.54, 1.807) is 68.6 Å². The number of alkyl carbamates (subject to hydrolysis) is 1. The number of amides is 1. The van der Waals surface area contributed by atoms with Crippen molar-refractivity contribution < 1.29 is 35.9 Å². The van der Waals surface area contributed by atoms with Crippen LogP contribution in [0.1, 0.15) is 23.7 Å². The van der Waals surface area contributed by atoms with E-state index in [0.717, 1.165) is 10.6 Å². The number of esters is 1. The molecule has 0 aliphatic heterocycles. The minimum Gasteiger partial charge on any atom is -0.465 e. The van der Waals surface area contributed by atoms with Gasteiger partial charge < -0.3 is 14.0 Å². The van der Waals surface area contributed by atoms with Gasteiger partial charge in [0.15, 0.2) is 9.84 Å². The Balaban J connectivity index is 1.44. The molecule has 0 aliphatic rings. The number of aryl methyl sites for hydroxylation is 1. The Labute approximate surface area is 293 Å². The quantitative estimate of drug-likeness (QED) is 0.108. The lowest BCUT2D eigenvalue weighted by Gasteiger charge is -2.24. The van der Waals surface area contributed by atoms with Gasteiger partial charge in [0, 0.05) is 36.9 Å². The zero-order valence-electron chi connectivity index (χ0n) is 27.8. The Bertz CT molecular complexity index is 2430. The van der Waals surface area contributed by atoms with E-state index in [1.807, 2.05) is 0 Å². The van der Waals surface area contributed by atoms with Gasteiger partial charge in [-0.05, 0) is 42.8 Å². The van der Waals surface area contributed by atoms with Crippen LogP contribution in [-0.2, 0) is 47.6 Å². The molecule has 0 saturated heterocycles. The first kappa shape index (κ1) is 36.6. The summed E-state index contributed by atoms with van der Waals surface area (Å²) in [7, 11) is -6.12. The maximum Gasteiger partial charge on any atom is 0.412 e. The third-order valence-corrected chi connectivity index (χ3v) is 10.4. The van der Waals surface area contributed by atoms with E-state index < -0.39 is 38.5 Å². The van der Waals surface area contributed by atoms with Gasteiger partial charge >= 0.3 is 12.1 Å². The lowest BCUT2D eigenvalue weighted by atomic mass is 10.1. The molecule has 0 atom stereocenters. The van der Waals surface area contributed by atoms with E-state index in [4.69, 9.17) is 14.9 Å². The number of carbonyl (C=O) groups is 2. The van der Waals surface area contributed by atoms with E-state index in [2.05, 4.69) is 15.3 Å². The number of hydrogen-bond acceptors (Lipinski definition) is 12. The molecule has 15 nitrogen and oxygen atoms in total. The molecule has 0 fully saturated rings. The second kappa shape index (κ2) is 15.1. The molecule has 5 rings (SSSR count). The number of benzene rings is 3. The van der Waals surface area contributed by atoms with Crippen LogP contribution in [0.2, 0.25) is 0 Å². The van der Waals surface area contributed by atoms with E-state index in [1.165, 1.54) is 29.0 Å². The van der Waals surface area contributed by atoms with Gasteiger partial charge in [0.05, 0.1) is 34.6 Å². The van der Waals surface area contributed by atoms with E-state index in [-0.39, 0.29) is 58.6 Å². The highest BCUT2D eigenvalue weighted by Crippen LogP contribution is 2.30. The lowest BCUT2D eigenvalue weighted by Crippen LogP contribution is -2.37. The van der Waals surface area contributed by atoms with Crippen molar-refractivity contribution in [3.8, 4) is 0 Å². The predicted molar refractivity (Wildman–Crippen MR) is 190 cm³/mol. The number of rotatable bonds is 12. The molecule has 3 aromatic carbocycles. The van der Waals surface area contributed by atoms with Gasteiger partial charge in [0.1, 0.15) is 29.6 Å². The molecule has 2 heterocycles. The highest BCUT2D eigenvalue weighted by Gasteiger charge is 2.30. The average Bonchev–Trinajstić information content (AvgIpc) is 3.08. The van der Waals surface area contributed by atoms with E-state index >= 15 is 0 Å². The maximum atomic E-state index is 14.2. The van der Waals surface area contributed by atoms with Gasteiger partial charge in [-0.15, -0.1) is 0 Å². The summed E-state index contributed by atoms with van der Waals surface area (Å²) >= 11 is 0. The number of para-hydroxylation sites is 1. The van der Waals surface area contributed by atoms with Crippen LogP contribution >= 0.6 is 0 Å². The predicted octanol–water partition coefficient (Wildman–Crippen LogP) is 2.93. The number of sulfonamides is 1. The van der Waals surface area contributed by atoms with Crippen LogP contribution in [0, 0.1) is 5.41 Å². The normalized spacial score (nSPS) is 11.7. The Hall–Kier alpha value is -5.68. The van der Waals surface area contributed by atoms with Crippen LogP contribution in [0.4, 0.5) is 10.5 Å². The topological polar surface area (TPSA) is 208 Å². The van der Waals surface area contributed by atoms with Crippen molar-refractivity contribution in [3.05, 3.63) is 106 Å². The van der Waals surface area contributed by atoms with E-state index in [9.17, 15) is 31.2 Å². The summed E-state index contributed by atoms with van der Waals surface area (Å²) in [5.41, 5.74) is 1.81. The molecule has 0 bridgehead atoms. The largest absolute Gasteiger partial charge is 0.465 e. The van der Waals surface area contributed by atoms with Crippen LogP contribution in [0.3, 0.4) is 0 Å². The van der Waals surface area contributed by atoms with Crippen molar-refractivity contribution in [2.24, 2.45) is 7.05 Å². The highest BCUT2D eigenvalue weighted by molar-refractivity contribution is 7.93. The van der Waals surface area contributed by atoms with Gasteiger partial charge in [-0.3, -0.25) is 29.6 Å². The summed E-state index contributed by atoms with van der Waals surface area (Å²) in [5.74, 6) is -1.39. The van der Waals surface area contributed by atoms with Crippen molar-refractivity contribution >= 4 is 65.4 Å². The molecule has 266 valence electrons. The third kappa shape index (κ3) is 8.56. The smallest absolute Gasteiger partial charge is 0.412 e. The van der Waals surface area contributed by atoms with Crippen LogP contribution in [0.5, 0.6) is 0 Å². The number of hydrogen-bond donors (Lipinski definition) is 2. The fourth-order valence-corrected chi connectivity index (χ4v) is 7.13. The first-order valence-electron chi connectivity index (χ1n) is 15.5. The number of aromatic nitrogens is 3. The van der Waals surface area contributed by atoms with Crippen molar-refractivity contribution in [1.82, 2.24) is 19.9 Å². The Kier molecular flexibility index (Phi) is 10.8. The molecule has 0 unspecified atom stereocenters. The van der Waals surface area contributed by atoms with Gasteiger partial charge in [0.25, 0.3) is 15.6 Å². The summed E-state index contributed by atoms with van der Waals surface area (Å²) in [6.07, 6.45) is 1.60. The summed E-state index contributed by atoms with van der Waals surface area (Å²) in [4.78, 5) is 46.8. The Morgan fingerprint density at radius 2 is 1.71 bits per heavy atom. The number of amidine groups is 1. The molecule has 2 aromatic heterocycles. The average molecular weight is 735 g/mol. The SMILES string of the molecule is CCOC(=O)CN(c1ccc2c(c1)nc(Cc1ccc(C(=N)NC(=O)OCCS(C)(=O)=O)cc1)c(=O)n2C)S(=O)(=O)c1cccc2cccnc12. The second-order valence-electron chi connectivity index (χ2n) is 11.4. The number of ether oxygens (including phenoxy) is 2. The van der Waals surface area contributed by atoms with E-state index in [0.29, 0.717) is 27.5 Å². The van der Waals surface area contributed by atoms with Crippen molar-refractivity contribution in [2.45, 2.75) is 18.2 Å². The molecular weight excluding hydrogens is 701 g/mol. The van der Waals surface area contributed by atoms with Crippen molar-refractivity contribution in [1.29, 1.82) is 5.41 Å². The summed E-state index contributed by atoms with van der Waals surface area (Å²) < 4.78 is 63.1. The van der Waals surface area contributed by atoms with Gasteiger partial charge in [-0.1, -0.05) is 42.5 Å².